The van der Waals surface area contributed by atoms with E-state index in [0.29, 0.717) is 32.2 Å². The third kappa shape index (κ3) is 7.73. The fourth-order valence-corrected chi connectivity index (χ4v) is 2.60. The van der Waals surface area contributed by atoms with Gasteiger partial charge in [0.25, 0.3) is 18.2 Å². The number of hydroxylamine groups is 1. The predicted molar refractivity (Wildman–Crippen MR) is 110 cm³/mol. The Labute approximate surface area is 179 Å². The Hall–Kier alpha value is -2.84. The van der Waals surface area contributed by atoms with Crippen LogP contribution < -0.4 is 10.8 Å². The molecule has 0 radical (unpaired) electrons. The van der Waals surface area contributed by atoms with Crippen molar-refractivity contribution in [1.82, 2.24) is 15.7 Å². The van der Waals surface area contributed by atoms with Crippen molar-refractivity contribution in [2.45, 2.75) is 25.0 Å². The number of rotatable bonds is 6. The molecule has 10 heteroatoms. The summed E-state index contributed by atoms with van der Waals surface area (Å²) in [6.45, 7) is 10.3. The largest absolute Gasteiger partial charge is 0.381 e. The number of ether oxygens (including phenoxy) is 1. The van der Waals surface area contributed by atoms with Crippen LogP contribution in [-0.2, 0) is 9.53 Å². The molecule has 0 bridgehead atoms. The first-order valence-corrected chi connectivity index (χ1v) is 9.40. The molecule has 1 aliphatic rings. The minimum absolute atomic E-state index is 0.0736. The van der Waals surface area contributed by atoms with Crippen LogP contribution in [0.1, 0.15) is 22.8 Å². The molecule has 1 aromatic rings. The summed E-state index contributed by atoms with van der Waals surface area (Å²) >= 11 is 0. The van der Waals surface area contributed by atoms with Crippen molar-refractivity contribution in [3.8, 4) is 11.8 Å². The van der Waals surface area contributed by atoms with E-state index < -0.39 is 29.9 Å². The van der Waals surface area contributed by atoms with Crippen LogP contribution in [0.5, 0.6) is 0 Å². The third-order valence-electron chi connectivity index (χ3n) is 4.46. The molecule has 1 saturated heterocycles. The van der Waals surface area contributed by atoms with E-state index in [1.165, 1.54) is 17.6 Å². The number of benzene rings is 1. The van der Waals surface area contributed by atoms with Gasteiger partial charge in [0.15, 0.2) is 5.60 Å². The van der Waals surface area contributed by atoms with Crippen LogP contribution >= 0.6 is 0 Å². The number of halogens is 2. The average molecular weight is 439 g/mol. The smallest absolute Gasteiger partial charge is 0.269 e. The molecule has 1 aromatic carbocycles. The monoisotopic (exact) mass is 439 g/mol. The topological polar surface area (TPSA) is 111 Å². The molecule has 8 nitrogen and oxygen atoms in total. The lowest BCUT2D eigenvalue weighted by Gasteiger charge is -2.30. The van der Waals surface area contributed by atoms with Crippen LogP contribution in [-0.4, -0.2) is 77.9 Å². The minimum Gasteiger partial charge on any atom is -0.381 e. The van der Waals surface area contributed by atoms with Crippen molar-refractivity contribution in [3.63, 3.8) is 0 Å². The fraction of sp³-hybridized carbons (Fsp3) is 0.429. The first-order valence-electron chi connectivity index (χ1n) is 9.40. The van der Waals surface area contributed by atoms with E-state index in [0.717, 1.165) is 13.1 Å². The molecule has 2 atom stereocenters. The highest BCUT2D eigenvalue weighted by molar-refractivity contribution is 5.97. The number of nitrogens with zero attached hydrogens (tertiary/aromatic N) is 1. The molecular formula is C21H27F2N3O5. The maximum atomic E-state index is 13.0. The summed E-state index contributed by atoms with van der Waals surface area (Å²) in [5.41, 5.74) is -0.991. The van der Waals surface area contributed by atoms with Gasteiger partial charge in [-0.25, -0.2) is 14.3 Å². The first-order chi connectivity index (χ1) is 14.8. The second-order valence-electron chi connectivity index (χ2n) is 6.68. The van der Waals surface area contributed by atoms with Gasteiger partial charge in [0.05, 0.1) is 19.8 Å². The normalized spacial score (nSPS) is 16.6. The number of hydrogen-bond donors (Lipinski definition) is 4. The molecule has 1 aliphatic heterocycles. The number of morpholine rings is 1. The highest BCUT2D eigenvalue weighted by Gasteiger charge is 2.46. The van der Waals surface area contributed by atoms with Gasteiger partial charge in [-0.15, -0.1) is 13.2 Å². The summed E-state index contributed by atoms with van der Waals surface area (Å²) in [7, 11) is 0. The van der Waals surface area contributed by atoms with Crippen molar-refractivity contribution in [3.05, 3.63) is 48.6 Å². The van der Waals surface area contributed by atoms with Gasteiger partial charge in [-0.05, 0) is 31.2 Å². The van der Waals surface area contributed by atoms with Crippen LogP contribution in [0.2, 0.25) is 0 Å². The Balaban J connectivity index is 0.00000233. The number of carbonyl (C=O) groups is 2. The zero-order valence-corrected chi connectivity index (χ0v) is 17.2. The van der Waals surface area contributed by atoms with Crippen LogP contribution in [0.25, 0.3) is 0 Å². The molecule has 31 heavy (non-hydrogen) atoms. The number of nitrogens with one attached hydrogen (secondary N) is 2. The van der Waals surface area contributed by atoms with Gasteiger partial charge in [-0.1, -0.05) is 11.8 Å². The standard InChI is InChI=1S/C19H23F2N3O5.C2H4/c1-19(27,18(20)21)15(17(26)23-28)22-16(25)14-6-4-13(5-7-14)3-2-8-24-9-11-29-12-10-24;1-2/h4-7,15,18,27-28H,8-12H2,1H3,(H,22,25)(H,23,26);1-2H2/t15-,19+;/m1./s1. The third-order valence-corrected chi connectivity index (χ3v) is 4.46. The van der Waals surface area contributed by atoms with E-state index in [9.17, 15) is 23.5 Å². The lowest BCUT2D eigenvalue weighted by atomic mass is 9.95. The van der Waals surface area contributed by atoms with E-state index in [4.69, 9.17) is 9.94 Å². The maximum absolute atomic E-state index is 13.0. The summed E-state index contributed by atoms with van der Waals surface area (Å²) in [5, 5.41) is 20.6. The van der Waals surface area contributed by atoms with Crippen molar-refractivity contribution >= 4 is 11.8 Å². The van der Waals surface area contributed by atoms with E-state index in [1.807, 2.05) is 5.32 Å². The van der Waals surface area contributed by atoms with Gasteiger partial charge in [0.2, 0.25) is 0 Å². The summed E-state index contributed by atoms with van der Waals surface area (Å²) in [6.07, 6.45) is -3.34. The number of hydrogen-bond acceptors (Lipinski definition) is 6. The number of amides is 2. The van der Waals surface area contributed by atoms with Crippen molar-refractivity contribution < 1.29 is 33.4 Å². The fourth-order valence-electron chi connectivity index (χ4n) is 2.60. The first kappa shape index (κ1) is 26.2. The second kappa shape index (κ2) is 12.8. The van der Waals surface area contributed by atoms with Gasteiger partial charge in [-0.3, -0.25) is 19.7 Å². The van der Waals surface area contributed by atoms with Crippen LogP contribution in [0.4, 0.5) is 8.78 Å². The quantitative estimate of drug-likeness (QED) is 0.226. The summed E-state index contributed by atoms with van der Waals surface area (Å²) in [6, 6.07) is 3.92. The van der Waals surface area contributed by atoms with Gasteiger partial charge in [0, 0.05) is 24.2 Å². The zero-order valence-electron chi connectivity index (χ0n) is 17.2. The summed E-state index contributed by atoms with van der Waals surface area (Å²) in [5.74, 6) is 3.76. The molecule has 170 valence electrons. The molecule has 2 rings (SSSR count). The number of aliphatic hydroxyl groups is 1. The number of alkyl halides is 2. The number of carbonyl (C=O) groups excluding carboxylic acids is 2. The Morgan fingerprint density at radius 3 is 2.35 bits per heavy atom. The van der Waals surface area contributed by atoms with Gasteiger partial charge < -0.3 is 15.2 Å². The second-order valence-corrected chi connectivity index (χ2v) is 6.68. The summed E-state index contributed by atoms with van der Waals surface area (Å²) < 4.78 is 31.3. The van der Waals surface area contributed by atoms with Crippen molar-refractivity contribution in [2.24, 2.45) is 0 Å². The summed E-state index contributed by atoms with van der Waals surface area (Å²) in [4.78, 5) is 26.1. The Kier molecular flexibility index (Phi) is 10.8. The van der Waals surface area contributed by atoms with Gasteiger partial charge in [-0.2, -0.15) is 0 Å². The SMILES string of the molecule is C=C.C[C@@](O)(C(F)F)[C@H](NC(=O)c1ccc(C#CCN2CCOCC2)cc1)C(=O)NO. The van der Waals surface area contributed by atoms with E-state index in [-0.39, 0.29) is 5.56 Å². The van der Waals surface area contributed by atoms with Crippen molar-refractivity contribution in [1.29, 1.82) is 0 Å². The van der Waals surface area contributed by atoms with Gasteiger partial charge >= 0.3 is 0 Å². The molecule has 4 N–H and O–H groups in total. The highest BCUT2D eigenvalue weighted by Crippen LogP contribution is 2.20. The Bertz CT molecular complexity index is 784. The van der Waals surface area contributed by atoms with Crippen LogP contribution in [0.15, 0.2) is 37.4 Å². The molecular weight excluding hydrogens is 412 g/mol. The molecule has 0 aliphatic carbocycles. The molecule has 0 aromatic heterocycles. The van der Waals surface area contributed by atoms with E-state index in [1.54, 1.807) is 12.1 Å². The molecule has 1 heterocycles. The van der Waals surface area contributed by atoms with Gasteiger partial charge in [0.1, 0.15) is 6.04 Å². The molecule has 0 saturated carbocycles. The lowest BCUT2D eigenvalue weighted by molar-refractivity contribution is -0.149. The van der Waals surface area contributed by atoms with Crippen molar-refractivity contribution in [2.75, 3.05) is 32.8 Å². The predicted octanol–water partition coefficient (Wildman–Crippen LogP) is 0.792. The zero-order chi connectivity index (χ0) is 23.4. The maximum Gasteiger partial charge on any atom is 0.269 e. The minimum atomic E-state index is -3.34. The lowest BCUT2D eigenvalue weighted by Crippen LogP contribution is -2.61. The Morgan fingerprint density at radius 2 is 1.84 bits per heavy atom. The molecule has 2 amide bonds. The molecule has 0 spiro atoms. The average Bonchev–Trinajstić information content (AvgIpc) is 2.79. The van der Waals surface area contributed by atoms with E-state index >= 15 is 0 Å². The van der Waals surface area contributed by atoms with E-state index in [2.05, 4.69) is 29.9 Å². The van der Waals surface area contributed by atoms with Crippen LogP contribution in [0, 0.1) is 11.8 Å². The molecule has 0 unspecified atom stereocenters. The Morgan fingerprint density at radius 1 is 1.26 bits per heavy atom. The molecule has 1 fully saturated rings. The highest BCUT2D eigenvalue weighted by atomic mass is 19.3. The van der Waals surface area contributed by atoms with Crippen LogP contribution in [0.3, 0.4) is 0 Å².